The summed E-state index contributed by atoms with van der Waals surface area (Å²) in [5.41, 5.74) is 1.77. The van der Waals surface area contributed by atoms with Crippen LogP contribution in [0.1, 0.15) is 17.1 Å². The molecule has 1 aromatic heterocycles. The number of hydrogen-bond acceptors (Lipinski definition) is 2. The number of nitrogens with zero attached hydrogens (tertiary/aromatic N) is 3. The third kappa shape index (κ3) is 2.40. The minimum absolute atomic E-state index is 0.437. The van der Waals surface area contributed by atoms with E-state index in [2.05, 4.69) is 14.8 Å². The SMILES string of the molecule is [C-]#[N+]CCc1c(C)nc(C)nc1Cl. The molecule has 1 heterocycles. The molecule has 1 aromatic rings. The highest BCUT2D eigenvalue weighted by Crippen LogP contribution is 2.16. The average Bonchev–Trinajstić information content (AvgIpc) is 2.02. The molecular formula is C9H10ClN3. The fourth-order valence-corrected chi connectivity index (χ4v) is 1.50. The van der Waals surface area contributed by atoms with Crippen molar-refractivity contribution in [3.8, 4) is 0 Å². The van der Waals surface area contributed by atoms with Gasteiger partial charge in [0.2, 0.25) is 6.54 Å². The molecule has 0 unspecified atom stereocenters. The van der Waals surface area contributed by atoms with Crippen molar-refractivity contribution in [3.05, 3.63) is 33.7 Å². The molecule has 0 atom stereocenters. The molecule has 4 heteroatoms. The summed E-state index contributed by atoms with van der Waals surface area (Å²) < 4.78 is 0. The highest BCUT2D eigenvalue weighted by atomic mass is 35.5. The van der Waals surface area contributed by atoms with Crippen LogP contribution in [0.5, 0.6) is 0 Å². The smallest absolute Gasteiger partial charge is 0.218 e. The molecule has 0 aliphatic carbocycles. The van der Waals surface area contributed by atoms with Crippen molar-refractivity contribution in [1.29, 1.82) is 0 Å². The molecule has 0 saturated carbocycles. The Balaban J connectivity index is 3.00. The van der Waals surface area contributed by atoms with Gasteiger partial charge in [-0.05, 0) is 13.8 Å². The van der Waals surface area contributed by atoms with Gasteiger partial charge in [-0.3, -0.25) is 0 Å². The van der Waals surface area contributed by atoms with Gasteiger partial charge < -0.3 is 4.85 Å². The Morgan fingerprint density at radius 1 is 1.38 bits per heavy atom. The summed E-state index contributed by atoms with van der Waals surface area (Å²) in [4.78, 5) is 11.5. The Kier molecular flexibility index (Phi) is 3.21. The molecule has 0 bridgehead atoms. The van der Waals surface area contributed by atoms with Crippen molar-refractivity contribution in [2.45, 2.75) is 20.3 Å². The van der Waals surface area contributed by atoms with Crippen LogP contribution in [0.3, 0.4) is 0 Å². The zero-order valence-electron chi connectivity index (χ0n) is 7.63. The minimum atomic E-state index is 0.437. The summed E-state index contributed by atoms with van der Waals surface area (Å²) in [6, 6.07) is 0. The Bertz CT molecular complexity index is 331. The van der Waals surface area contributed by atoms with Crippen LogP contribution < -0.4 is 0 Å². The lowest BCUT2D eigenvalue weighted by atomic mass is 10.2. The maximum absolute atomic E-state index is 6.68. The highest BCUT2D eigenvalue weighted by Gasteiger charge is 2.08. The van der Waals surface area contributed by atoms with Crippen molar-refractivity contribution < 1.29 is 0 Å². The molecule has 0 fully saturated rings. The van der Waals surface area contributed by atoms with E-state index < -0.39 is 0 Å². The van der Waals surface area contributed by atoms with Crippen molar-refractivity contribution in [3.63, 3.8) is 0 Å². The number of aryl methyl sites for hydroxylation is 2. The summed E-state index contributed by atoms with van der Waals surface area (Å²) >= 11 is 5.92. The standard InChI is InChI=1S/C9H10ClN3/c1-6-8(4-5-11-3)9(10)13-7(2)12-6/h4-5H2,1-2H3. The predicted molar refractivity (Wildman–Crippen MR) is 51.7 cm³/mol. The lowest BCUT2D eigenvalue weighted by Crippen LogP contribution is -2.01. The first kappa shape index (κ1) is 9.94. The maximum atomic E-state index is 6.68. The summed E-state index contributed by atoms with van der Waals surface area (Å²) in [7, 11) is 0. The van der Waals surface area contributed by atoms with E-state index >= 15 is 0 Å². The molecule has 1 rings (SSSR count). The van der Waals surface area contributed by atoms with E-state index in [1.165, 1.54) is 0 Å². The van der Waals surface area contributed by atoms with E-state index in [-0.39, 0.29) is 0 Å². The first-order chi connectivity index (χ1) is 6.15. The fourth-order valence-electron chi connectivity index (χ4n) is 1.15. The maximum Gasteiger partial charge on any atom is 0.218 e. The molecule has 0 aromatic carbocycles. The van der Waals surface area contributed by atoms with Crippen LogP contribution in [0.4, 0.5) is 0 Å². The molecule has 68 valence electrons. The summed E-state index contributed by atoms with van der Waals surface area (Å²) in [5.74, 6) is 0.675. The van der Waals surface area contributed by atoms with Crippen molar-refractivity contribution in [2.24, 2.45) is 0 Å². The second-order valence-electron chi connectivity index (χ2n) is 2.76. The van der Waals surface area contributed by atoms with Gasteiger partial charge in [-0.25, -0.2) is 16.5 Å². The van der Waals surface area contributed by atoms with Crippen LogP contribution >= 0.6 is 11.6 Å². The molecule has 0 aliphatic heterocycles. The van der Waals surface area contributed by atoms with Gasteiger partial charge in [0.15, 0.2) is 0 Å². The largest absolute Gasteiger partial charge is 0.317 e. The van der Waals surface area contributed by atoms with Crippen LogP contribution in [0.15, 0.2) is 0 Å². The molecule has 0 N–H and O–H groups in total. The first-order valence-corrected chi connectivity index (χ1v) is 4.35. The van der Waals surface area contributed by atoms with Crippen molar-refractivity contribution >= 4 is 11.6 Å². The van der Waals surface area contributed by atoms with Crippen LogP contribution in [-0.2, 0) is 6.42 Å². The predicted octanol–water partition coefficient (Wildman–Crippen LogP) is 2.21. The molecule has 0 aliphatic rings. The molecule has 0 spiro atoms. The highest BCUT2D eigenvalue weighted by molar-refractivity contribution is 6.30. The average molecular weight is 196 g/mol. The van der Waals surface area contributed by atoms with E-state index in [4.69, 9.17) is 18.2 Å². The summed E-state index contributed by atoms with van der Waals surface area (Å²) in [6.07, 6.45) is 0.633. The quantitative estimate of drug-likeness (QED) is 0.535. The Morgan fingerprint density at radius 3 is 2.62 bits per heavy atom. The van der Waals surface area contributed by atoms with Gasteiger partial charge in [-0.1, -0.05) is 11.6 Å². The molecule has 0 saturated heterocycles. The third-order valence-corrected chi connectivity index (χ3v) is 2.06. The molecule has 3 nitrogen and oxygen atoms in total. The number of rotatable bonds is 2. The number of aromatic nitrogens is 2. The minimum Gasteiger partial charge on any atom is -0.317 e. The van der Waals surface area contributed by atoms with Gasteiger partial charge in [-0.2, -0.15) is 0 Å². The van der Waals surface area contributed by atoms with Gasteiger partial charge in [0.1, 0.15) is 11.0 Å². The van der Waals surface area contributed by atoms with E-state index in [0.29, 0.717) is 23.9 Å². The zero-order valence-corrected chi connectivity index (χ0v) is 8.39. The van der Waals surface area contributed by atoms with Crippen LogP contribution in [-0.4, -0.2) is 16.5 Å². The molecular weight excluding hydrogens is 186 g/mol. The van der Waals surface area contributed by atoms with E-state index in [1.54, 1.807) is 6.92 Å². The third-order valence-electron chi connectivity index (χ3n) is 1.75. The van der Waals surface area contributed by atoms with E-state index in [0.717, 1.165) is 11.3 Å². The normalized spacial score (nSPS) is 9.69. The van der Waals surface area contributed by atoms with Gasteiger partial charge in [0.25, 0.3) is 0 Å². The van der Waals surface area contributed by atoms with Gasteiger partial charge in [0, 0.05) is 17.7 Å². The Morgan fingerprint density at radius 2 is 2.08 bits per heavy atom. The zero-order chi connectivity index (χ0) is 9.84. The molecule has 0 radical (unpaired) electrons. The monoisotopic (exact) mass is 195 g/mol. The second kappa shape index (κ2) is 4.20. The molecule has 13 heavy (non-hydrogen) atoms. The van der Waals surface area contributed by atoms with Gasteiger partial charge in [-0.15, -0.1) is 0 Å². The van der Waals surface area contributed by atoms with Crippen LogP contribution in [0, 0.1) is 20.4 Å². The Labute approximate surface area is 82.6 Å². The van der Waals surface area contributed by atoms with Crippen LogP contribution in [0.2, 0.25) is 5.15 Å². The lowest BCUT2D eigenvalue weighted by Gasteiger charge is -2.04. The van der Waals surface area contributed by atoms with Crippen molar-refractivity contribution in [2.75, 3.05) is 6.54 Å². The van der Waals surface area contributed by atoms with E-state index in [1.807, 2.05) is 6.92 Å². The molecule has 0 amide bonds. The Hall–Kier alpha value is -1.14. The lowest BCUT2D eigenvalue weighted by molar-refractivity contribution is 0.935. The first-order valence-electron chi connectivity index (χ1n) is 3.98. The number of halogens is 1. The number of hydrogen-bond donors (Lipinski definition) is 0. The van der Waals surface area contributed by atoms with Gasteiger partial charge >= 0.3 is 0 Å². The fraction of sp³-hybridized carbons (Fsp3) is 0.444. The summed E-state index contributed by atoms with van der Waals surface area (Å²) in [6.45, 7) is 10.8. The van der Waals surface area contributed by atoms with Crippen LogP contribution in [0.25, 0.3) is 4.85 Å². The topological polar surface area (TPSA) is 30.1 Å². The van der Waals surface area contributed by atoms with E-state index in [9.17, 15) is 0 Å². The second-order valence-corrected chi connectivity index (χ2v) is 3.12. The van der Waals surface area contributed by atoms with Crippen molar-refractivity contribution in [1.82, 2.24) is 9.97 Å². The van der Waals surface area contributed by atoms with Gasteiger partial charge in [0.05, 0.1) is 0 Å². The summed E-state index contributed by atoms with van der Waals surface area (Å²) in [5, 5.41) is 0.480.